The van der Waals surface area contributed by atoms with Crippen molar-refractivity contribution in [2.75, 3.05) is 13.2 Å². The van der Waals surface area contributed by atoms with Gasteiger partial charge in [-0.2, -0.15) is 0 Å². The molecule has 0 amide bonds. The van der Waals surface area contributed by atoms with Gasteiger partial charge >= 0.3 is 17.9 Å². The van der Waals surface area contributed by atoms with E-state index < -0.39 is 6.10 Å². The minimum Gasteiger partial charge on any atom is -0.462 e. The summed E-state index contributed by atoms with van der Waals surface area (Å²) in [5, 5.41) is 0. The molecule has 0 unspecified atom stereocenters. The van der Waals surface area contributed by atoms with Crippen LogP contribution in [0.4, 0.5) is 0 Å². The van der Waals surface area contributed by atoms with Gasteiger partial charge in [0.25, 0.3) is 0 Å². The Morgan fingerprint density at radius 3 is 0.884 bits per heavy atom. The Labute approximate surface area is 428 Å². The molecule has 0 radical (unpaired) electrons. The third-order valence-corrected chi connectivity index (χ3v) is 13.0. The van der Waals surface area contributed by atoms with Crippen LogP contribution < -0.4 is 0 Å². The second-order valence-electron chi connectivity index (χ2n) is 19.9. The van der Waals surface area contributed by atoms with Gasteiger partial charge in [-0.1, -0.05) is 242 Å². The van der Waals surface area contributed by atoms with E-state index in [9.17, 15) is 14.4 Å². The molecule has 6 heteroatoms. The average molecular weight is 966 g/mol. The quantitative estimate of drug-likeness (QED) is 0.0262. The van der Waals surface area contributed by atoms with E-state index in [1.54, 1.807) is 0 Å². The molecule has 0 rings (SSSR count). The van der Waals surface area contributed by atoms with Gasteiger partial charge in [-0.25, -0.2) is 0 Å². The fourth-order valence-electron chi connectivity index (χ4n) is 8.45. The van der Waals surface area contributed by atoms with E-state index in [4.69, 9.17) is 14.2 Å². The van der Waals surface area contributed by atoms with E-state index in [1.807, 2.05) is 0 Å². The fourth-order valence-corrected chi connectivity index (χ4v) is 8.45. The van der Waals surface area contributed by atoms with Crippen LogP contribution in [0.1, 0.15) is 303 Å². The maximum Gasteiger partial charge on any atom is 0.306 e. The van der Waals surface area contributed by atoms with Crippen LogP contribution in [-0.4, -0.2) is 37.2 Å². The lowest BCUT2D eigenvalue weighted by molar-refractivity contribution is -0.167. The molecule has 0 aromatic heterocycles. The Balaban J connectivity index is 4.44. The van der Waals surface area contributed by atoms with Crippen LogP contribution >= 0.6 is 0 Å². The third-order valence-electron chi connectivity index (χ3n) is 13.0. The Kier molecular flexibility index (Phi) is 55.3. The van der Waals surface area contributed by atoms with Crippen molar-refractivity contribution >= 4 is 17.9 Å². The molecular weight excluding hydrogens is 853 g/mol. The molecule has 0 saturated carbocycles. The molecule has 0 aromatic carbocycles. The van der Waals surface area contributed by atoms with Crippen molar-refractivity contribution in [3.63, 3.8) is 0 Å². The summed E-state index contributed by atoms with van der Waals surface area (Å²) in [6.45, 7) is 6.60. The van der Waals surface area contributed by atoms with Crippen molar-refractivity contribution in [1.82, 2.24) is 0 Å². The number of allylic oxidation sites excluding steroid dienone is 10. The molecule has 1 atom stereocenters. The summed E-state index contributed by atoms with van der Waals surface area (Å²) in [5.41, 5.74) is 0. The van der Waals surface area contributed by atoms with Crippen LogP contribution in [0.3, 0.4) is 0 Å². The number of hydrogen-bond donors (Lipinski definition) is 0. The highest BCUT2D eigenvalue weighted by Crippen LogP contribution is 2.15. The van der Waals surface area contributed by atoms with Crippen molar-refractivity contribution in [2.24, 2.45) is 0 Å². The van der Waals surface area contributed by atoms with Crippen LogP contribution in [0.15, 0.2) is 60.8 Å². The van der Waals surface area contributed by atoms with Crippen LogP contribution in [0, 0.1) is 0 Å². The monoisotopic (exact) mass is 965 g/mol. The highest BCUT2D eigenvalue weighted by Gasteiger charge is 2.19. The van der Waals surface area contributed by atoms with Gasteiger partial charge in [0.15, 0.2) is 6.10 Å². The molecule has 0 bridgehead atoms. The lowest BCUT2D eigenvalue weighted by atomic mass is 10.1. The summed E-state index contributed by atoms with van der Waals surface area (Å²) >= 11 is 0. The molecule has 0 spiro atoms. The van der Waals surface area contributed by atoms with Crippen molar-refractivity contribution in [2.45, 2.75) is 309 Å². The Bertz CT molecular complexity index is 1250. The molecule has 0 aliphatic heterocycles. The first-order valence-corrected chi connectivity index (χ1v) is 29.8. The molecule has 0 fully saturated rings. The molecule has 69 heavy (non-hydrogen) atoms. The predicted molar refractivity (Wildman–Crippen MR) is 298 cm³/mol. The van der Waals surface area contributed by atoms with Crippen LogP contribution in [-0.2, 0) is 28.6 Å². The smallest absolute Gasteiger partial charge is 0.306 e. The lowest BCUT2D eigenvalue weighted by Gasteiger charge is -2.18. The van der Waals surface area contributed by atoms with Gasteiger partial charge in [0.2, 0.25) is 0 Å². The van der Waals surface area contributed by atoms with Crippen LogP contribution in [0.2, 0.25) is 0 Å². The first-order chi connectivity index (χ1) is 34.0. The van der Waals surface area contributed by atoms with Gasteiger partial charge in [-0.15, -0.1) is 0 Å². The zero-order chi connectivity index (χ0) is 50.0. The number of carbonyl (C=O) groups excluding carboxylic acids is 3. The molecule has 6 nitrogen and oxygen atoms in total. The fraction of sp³-hybridized carbons (Fsp3) is 0.794. The van der Waals surface area contributed by atoms with Gasteiger partial charge in [0.1, 0.15) is 13.2 Å². The molecular formula is C63H112O6. The zero-order valence-electron chi connectivity index (χ0n) is 45.8. The summed E-state index contributed by atoms with van der Waals surface area (Å²) in [6, 6.07) is 0. The number of carbonyl (C=O) groups is 3. The standard InChI is InChI=1S/C63H112O6/c1-4-7-10-13-16-19-22-25-28-30-31-33-36-39-42-45-48-51-54-57-63(66)69-60(58-67-61(64)55-52-49-46-43-40-37-34-27-24-21-18-15-12-9-6-3)59-68-62(65)56-53-50-47-44-41-38-35-32-29-26-23-20-17-14-11-8-5-2/h25-29,34-35,38,44,47,60H,4-24,30-33,36-37,39-43,45-46,48-59H2,1-3H3/b28-25-,29-26-,34-27-,38-35-,47-44-/t60-/m0/s1. The van der Waals surface area contributed by atoms with Gasteiger partial charge in [0.05, 0.1) is 0 Å². The Morgan fingerprint density at radius 1 is 0.290 bits per heavy atom. The highest BCUT2D eigenvalue weighted by atomic mass is 16.6. The van der Waals surface area contributed by atoms with Crippen molar-refractivity contribution in [1.29, 1.82) is 0 Å². The Morgan fingerprint density at radius 2 is 0.536 bits per heavy atom. The van der Waals surface area contributed by atoms with E-state index in [0.717, 1.165) is 64.2 Å². The number of esters is 3. The topological polar surface area (TPSA) is 78.9 Å². The normalized spacial score (nSPS) is 12.4. The second-order valence-corrected chi connectivity index (χ2v) is 19.9. The molecule has 0 aliphatic rings. The van der Waals surface area contributed by atoms with Crippen molar-refractivity contribution in [3.8, 4) is 0 Å². The maximum absolute atomic E-state index is 12.9. The summed E-state index contributed by atoms with van der Waals surface area (Å²) < 4.78 is 16.8. The van der Waals surface area contributed by atoms with Crippen molar-refractivity contribution < 1.29 is 28.6 Å². The molecule has 0 N–H and O–H groups in total. The minimum absolute atomic E-state index is 0.0937. The van der Waals surface area contributed by atoms with Crippen molar-refractivity contribution in [3.05, 3.63) is 60.8 Å². The number of ether oxygens (including phenoxy) is 3. The number of unbranched alkanes of at least 4 members (excludes halogenated alkanes) is 33. The van der Waals surface area contributed by atoms with Gasteiger partial charge < -0.3 is 14.2 Å². The van der Waals surface area contributed by atoms with E-state index >= 15 is 0 Å². The molecule has 400 valence electrons. The van der Waals surface area contributed by atoms with Crippen LogP contribution in [0.25, 0.3) is 0 Å². The van der Waals surface area contributed by atoms with E-state index in [1.165, 1.54) is 193 Å². The van der Waals surface area contributed by atoms with Gasteiger partial charge in [-0.05, 0) is 103 Å². The summed E-state index contributed by atoms with van der Waals surface area (Å²) in [7, 11) is 0. The lowest BCUT2D eigenvalue weighted by Crippen LogP contribution is -2.30. The summed E-state index contributed by atoms with van der Waals surface area (Å²) in [5.74, 6) is -0.946. The van der Waals surface area contributed by atoms with Gasteiger partial charge in [-0.3, -0.25) is 14.4 Å². The molecule has 0 aromatic rings. The Hall–Kier alpha value is -2.89. The second kappa shape index (κ2) is 57.7. The first kappa shape index (κ1) is 66.1. The first-order valence-electron chi connectivity index (χ1n) is 29.8. The van der Waals surface area contributed by atoms with E-state index in [0.29, 0.717) is 19.3 Å². The number of hydrogen-bond acceptors (Lipinski definition) is 6. The molecule has 0 heterocycles. The molecule has 0 saturated heterocycles. The maximum atomic E-state index is 12.9. The highest BCUT2D eigenvalue weighted by molar-refractivity contribution is 5.71. The zero-order valence-corrected chi connectivity index (χ0v) is 45.8. The minimum atomic E-state index is -0.799. The van der Waals surface area contributed by atoms with Crippen LogP contribution in [0.5, 0.6) is 0 Å². The van der Waals surface area contributed by atoms with E-state index in [-0.39, 0.29) is 37.5 Å². The predicted octanol–water partition coefficient (Wildman–Crippen LogP) is 20.0. The third kappa shape index (κ3) is 55.9. The SMILES string of the molecule is CCCCCCCC/C=C\C/C=C\C/C=C\CCCC(=O)OC[C@H](COC(=O)CCCCCCC/C=C\CCCCCCCC)OC(=O)CCCCCCCCCCC/C=C\CCCCCCCC. The average Bonchev–Trinajstić information content (AvgIpc) is 3.35. The largest absolute Gasteiger partial charge is 0.462 e. The molecule has 0 aliphatic carbocycles. The summed E-state index contributed by atoms with van der Waals surface area (Å²) in [6.07, 6.45) is 72.2. The van der Waals surface area contributed by atoms with E-state index in [2.05, 4.69) is 81.5 Å². The number of rotatable bonds is 54. The van der Waals surface area contributed by atoms with Gasteiger partial charge in [0, 0.05) is 19.3 Å². The summed E-state index contributed by atoms with van der Waals surface area (Å²) in [4.78, 5) is 38.2.